The average molecular weight is 1890 g/mol. The van der Waals surface area contributed by atoms with Crippen LogP contribution >= 0.6 is 0 Å². The summed E-state index contributed by atoms with van der Waals surface area (Å²) in [5.41, 5.74) is 6.75. The van der Waals surface area contributed by atoms with Crippen molar-refractivity contribution >= 4 is 107 Å². The van der Waals surface area contributed by atoms with Crippen LogP contribution in [0.5, 0.6) is 0 Å². The van der Waals surface area contributed by atoms with Gasteiger partial charge in [0, 0.05) is 26.2 Å². The van der Waals surface area contributed by atoms with Crippen LogP contribution in [0.3, 0.4) is 0 Å². The van der Waals surface area contributed by atoms with Crippen LogP contribution in [-0.2, 0) is 86.0 Å². The molecule has 9 aliphatic rings. The highest BCUT2D eigenvalue weighted by atomic mass is 16.7. The third-order valence-corrected chi connectivity index (χ3v) is 28.5. The van der Waals surface area contributed by atoms with Gasteiger partial charge < -0.3 is 108 Å². The van der Waals surface area contributed by atoms with Crippen molar-refractivity contribution in [2.75, 3.05) is 66.8 Å². The quantitative estimate of drug-likeness (QED) is 0.0131. The largest absolute Gasteiger partial charge is 0.508 e. The molecule has 15 amide bonds. The second-order valence-corrected chi connectivity index (χ2v) is 45.5. The lowest BCUT2D eigenvalue weighted by Gasteiger charge is -2.38. The summed E-state index contributed by atoms with van der Waals surface area (Å²) >= 11 is 0. The van der Waals surface area contributed by atoms with Crippen LogP contribution in [0.2, 0.25) is 0 Å². The lowest BCUT2D eigenvalue weighted by Crippen LogP contribution is -2.62. The SMILES string of the molecule is C=CCNC(=O)C(=O)C(CCC)NC(=O)[C@@H]1[C@@H]2[C@H](CN1C(=O)[C@@H](NC(=O)N[C@H](COC(=O)OCC1CC1)C(C)(C)C)C(C)(C)C)C2(C)C.COC(=O)OC[C@@H](NC(=O)N[C@H](C(=O)N1C[C@H]2[C@@H]([C@H]1C(=O)NC(CC1CC1)C(=O)C(N)=O)C2(C)C)C(C)(C)C)C(C)(C)C.COC(=O)OC[C@@H](NC(=O)N[C@H](C(=O)N1C[C@H]2[C@@H]([C@H]1C(=O)NC(CC1CCC1)C(=O)C(N)=O)C2(C)C)C(C)(C)C)C(C)C. The lowest BCUT2D eigenvalue weighted by atomic mass is 9.80. The Morgan fingerprint density at radius 1 is 0.418 bits per heavy atom. The van der Waals surface area contributed by atoms with Crippen LogP contribution in [0.15, 0.2) is 12.7 Å². The lowest BCUT2D eigenvalue weighted by molar-refractivity contribution is -0.145. The maximum absolute atomic E-state index is 14.3. The highest BCUT2D eigenvalue weighted by molar-refractivity contribution is 6.39. The van der Waals surface area contributed by atoms with Crippen molar-refractivity contribution in [3.8, 4) is 0 Å². The van der Waals surface area contributed by atoms with E-state index in [2.05, 4.69) is 69.2 Å². The van der Waals surface area contributed by atoms with E-state index in [1.54, 1.807) is 0 Å². The minimum absolute atomic E-state index is 0.0601. The van der Waals surface area contributed by atoms with Crippen LogP contribution < -0.4 is 64.6 Å². The highest BCUT2D eigenvalue weighted by Crippen LogP contribution is 2.67. The zero-order valence-corrected chi connectivity index (χ0v) is 83.7. The van der Waals surface area contributed by atoms with Gasteiger partial charge in [0.2, 0.25) is 52.8 Å². The van der Waals surface area contributed by atoms with E-state index in [9.17, 15) is 86.3 Å². The van der Waals surface area contributed by atoms with Crippen molar-refractivity contribution in [3.63, 3.8) is 0 Å². The third-order valence-electron chi connectivity index (χ3n) is 28.5. The molecule has 9 fully saturated rings. The number of piperidine rings is 3. The highest BCUT2D eigenvalue weighted by Gasteiger charge is 2.73. The number of ether oxygens (including phenoxy) is 6. The number of hydrogen-bond acceptors (Lipinski definition) is 24. The molecule has 0 radical (unpaired) electrons. The van der Waals surface area contributed by atoms with Crippen molar-refractivity contribution in [1.82, 2.24) is 67.9 Å². The Kier molecular flexibility index (Phi) is 36.5. The van der Waals surface area contributed by atoms with E-state index in [0.29, 0.717) is 51.4 Å². The molecule has 39 nitrogen and oxygen atoms in total. The van der Waals surface area contributed by atoms with Crippen LogP contribution in [0, 0.1) is 102 Å². The molecule has 134 heavy (non-hydrogen) atoms. The molecule has 14 N–H and O–H groups in total. The first kappa shape index (κ1) is 111. The Morgan fingerprint density at radius 2 is 0.746 bits per heavy atom. The number of nitrogens with one attached hydrogen (secondary N) is 10. The predicted octanol–water partition coefficient (Wildman–Crippen LogP) is 6.76. The van der Waals surface area contributed by atoms with Crippen molar-refractivity contribution in [3.05, 3.63) is 12.7 Å². The van der Waals surface area contributed by atoms with E-state index < -0.39 is 207 Å². The number of methoxy groups -OCH3 is 2. The molecule has 754 valence electrons. The Labute approximate surface area is 788 Å². The number of nitrogens with zero attached hydrogens (tertiary/aromatic N) is 3. The molecule has 0 bridgehead atoms. The van der Waals surface area contributed by atoms with Gasteiger partial charge in [0.25, 0.3) is 17.7 Å². The van der Waals surface area contributed by atoms with Crippen molar-refractivity contribution in [1.29, 1.82) is 0 Å². The number of nitrogens with two attached hydrogens (primary N) is 2. The van der Waals surface area contributed by atoms with Gasteiger partial charge in [0.1, 0.15) is 56.1 Å². The summed E-state index contributed by atoms with van der Waals surface area (Å²) in [6, 6.07) is -12.4. The van der Waals surface area contributed by atoms with Gasteiger partial charge in [-0.2, -0.15) is 0 Å². The molecule has 3 saturated heterocycles. The van der Waals surface area contributed by atoms with E-state index in [0.717, 1.165) is 44.9 Å². The second-order valence-electron chi connectivity index (χ2n) is 45.5. The van der Waals surface area contributed by atoms with Gasteiger partial charge in [0.05, 0.1) is 57.1 Å². The van der Waals surface area contributed by atoms with E-state index in [1.807, 2.05) is 166 Å². The minimum atomic E-state index is -1.11. The van der Waals surface area contributed by atoms with E-state index in [1.165, 1.54) is 35.0 Å². The Hall–Kier alpha value is -10.4. The average Bonchev–Trinajstić information content (AvgIpc) is 1.53. The molecular formula is C95H155N15O24. The summed E-state index contributed by atoms with van der Waals surface area (Å²) in [5.74, 6) is -7.73. The number of rotatable bonds is 38. The molecular weight excluding hydrogens is 1740 g/mol. The summed E-state index contributed by atoms with van der Waals surface area (Å²) in [5, 5.41) is 27.6. The molecule has 0 aromatic rings. The molecule has 3 unspecified atom stereocenters. The summed E-state index contributed by atoms with van der Waals surface area (Å²) < 4.78 is 29.6. The molecule has 39 heteroatoms. The van der Waals surface area contributed by atoms with Gasteiger partial charge in [-0.15, -0.1) is 6.58 Å². The van der Waals surface area contributed by atoms with E-state index in [-0.39, 0.29) is 102 Å². The summed E-state index contributed by atoms with van der Waals surface area (Å²) in [6.45, 7) is 50.0. The predicted molar refractivity (Wildman–Crippen MR) is 492 cm³/mol. The number of likely N-dealkylation sites (tertiary alicyclic amines) is 3. The number of primary amides is 2. The van der Waals surface area contributed by atoms with Gasteiger partial charge in [-0.05, 0) is 135 Å². The van der Waals surface area contributed by atoms with E-state index in [4.69, 9.17) is 30.4 Å². The summed E-state index contributed by atoms with van der Waals surface area (Å²) in [6.07, 6.45) is 7.12. The summed E-state index contributed by atoms with van der Waals surface area (Å²) in [7, 11) is 2.38. The number of carbonyl (C=O) groups excluding carboxylic acids is 18. The number of ketones is 3. The molecule has 9 rings (SSSR count). The van der Waals surface area contributed by atoms with Gasteiger partial charge in [0.15, 0.2) is 0 Å². The van der Waals surface area contributed by atoms with E-state index >= 15 is 0 Å². The van der Waals surface area contributed by atoms with Gasteiger partial charge in [-0.3, -0.25) is 57.5 Å². The van der Waals surface area contributed by atoms with Gasteiger partial charge in [-0.25, -0.2) is 28.8 Å². The van der Waals surface area contributed by atoms with Crippen molar-refractivity contribution in [2.45, 2.75) is 309 Å². The fraction of sp³-hybridized carbons (Fsp3) is 0.789. The Morgan fingerprint density at radius 3 is 1.04 bits per heavy atom. The zero-order chi connectivity index (χ0) is 101. The minimum Gasteiger partial charge on any atom is -0.438 e. The van der Waals surface area contributed by atoms with Crippen molar-refractivity contribution < 1.29 is 115 Å². The molecule has 0 spiro atoms. The number of fused-ring (bicyclic) bond motifs is 3. The normalized spacial score (nSPS) is 24.0. The van der Waals surface area contributed by atoms with Gasteiger partial charge >= 0.3 is 36.6 Å². The Balaban J connectivity index is 0.000000275. The van der Waals surface area contributed by atoms with Crippen LogP contribution in [0.1, 0.15) is 237 Å². The molecule has 3 aliphatic heterocycles. The third kappa shape index (κ3) is 28.6. The first-order valence-electron chi connectivity index (χ1n) is 47.2. The number of carbonyl (C=O) groups is 18. The van der Waals surface area contributed by atoms with Crippen LogP contribution in [0.4, 0.5) is 28.8 Å². The molecule has 6 aliphatic carbocycles. The second kappa shape index (κ2) is 44.2. The number of amides is 15. The topological polar surface area (TPSA) is 545 Å². The van der Waals surface area contributed by atoms with Crippen LogP contribution in [0.25, 0.3) is 0 Å². The van der Waals surface area contributed by atoms with Gasteiger partial charge in [-0.1, -0.05) is 211 Å². The van der Waals surface area contributed by atoms with Crippen LogP contribution in [-0.4, -0.2) is 261 Å². The fourth-order valence-electron chi connectivity index (χ4n) is 18.7. The first-order valence-corrected chi connectivity index (χ1v) is 47.2. The maximum atomic E-state index is 14.3. The molecule has 0 aromatic carbocycles. The molecule has 6 saturated carbocycles. The molecule has 0 aromatic heterocycles. The zero-order valence-electron chi connectivity index (χ0n) is 83.7. The summed E-state index contributed by atoms with van der Waals surface area (Å²) in [4.78, 5) is 238. The first-order chi connectivity index (χ1) is 61.8. The number of hydrogen-bond donors (Lipinski definition) is 12. The number of Topliss-reactive ketones (excluding diaryl/α,β-unsaturated/α-hetero) is 3. The number of urea groups is 3. The molecule has 18 atom stereocenters. The van der Waals surface area contributed by atoms with Crippen molar-refractivity contribution in [2.24, 2.45) is 114 Å². The monoisotopic (exact) mass is 1890 g/mol. The smallest absolute Gasteiger partial charge is 0.438 e. The fourth-order valence-corrected chi connectivity index (χ4v) is 18.7. The standard InChI is InChI=1S/C35H57N5O8.2C30H49N5O8/c1-11-13-22(26(41)29(43)36-16-12-2)37-28(42)25-24-21(35(24,9)10)17-40(25)30(44)27(34(6,7)8)39-31(45)38-23(33(3,4)5)19-48-32(46)47-18-20-14-15-20;1-28(2,3)18(14-43-27(41)42-9)33-26(40)34-22(29(4,5)6)25(39)35-13-16-19(30(16,7)8)20(35)24(38)32-17(12-15-10-11-15)21(36)23(31)37;1-15(2)19(14-43-28(41)42-8)33-27(40)34-23(29(3,4)5)26(39)35-13-17-20(30(17,6)7)21(35)25(38)32-18(22(36)24(31)37)12-16-10-9-11-16/h12,20-25,27H,2,11,13-19H2,1,3-10H3,(H,36,43)(H,37,42)(H2,38,39,45);15-20,22H,10-14H2,1-9H3,(H2,31,37)(H,32,38)(H2,33,34,40);15-21,23H,9-14H2,1-8H3,(H2,31,37)(H,32,38)(H2,33,34,40)/t21-,22?,23+,24-,25-,27+;16-,17?,18+,19-,20-,22+;17-,18?,19+,20-,21-,23+/m000/s1. The molecule has 3 heterocycles. The Bertz CT molecular complexity index is 4350. The maximum Gasteiger partial charge on any atom is 0.508 e.